The fraction of sp³-hybridized carbons (Fsp3) is 0.533. The van der Waals surface area contributed by atoms with Crippen LogP contribution in [-0.4, -0.2) is 50.7 Å². The Morgan fingerprint density at radius 3 is 2.40 bits per heavy atom. The Labute approximate surface area is 120 Å². The lowest BCUT2D eigenvalue weighted by molar-refractivity contribution is 0.149. The topological polar surface area (TPSA) is 42.0 Å². The summed E-state index contributed by atoms with van der Waals surface area (Å²) in [6, 6.07) is 4.07. The fourth-order valence-electron chi connectivity index (χ4n) is 2.66. The van der Waals surface area contributed by atoms with E-state index >= 15 is 0 Å². The lowest BCUT2D eigenvalue weighted by Crippen LogP contribution is -2.44. The van der Waals surface area contributed by atoms with E-state index < -0.39 is 0 Å². The molecule has 110 valence electrons. The van der Waals surface area contributed by atoms with Gasteiger partial charge in [-0.05, 0) is 36.6 Å². The van der Waals surface area contributed by atoms with Gasteiger partial charge in [0.15, 0.2) is 11.5 Å². The number of nitrogens with zero attached hydrogens (tertiary/aromatic N) is 2. The number of methoxy groups -OCH3 is 2. The van der Waals surface area contributed by atoms with Crippen LogP contribution in [0.1, 0.15) is 24.1 Å². The summed E-state index contributed by atoms with van der Waals surface area (Å²) < 4.78 is 10.7. The van der Waals surface area contributed by atoms with E-state index in [4.69, 9.17) is 9.47 Å². The Balaban J connectivity index is 2.38. The maximum Gasteiger partial charge on any atom is 0.319 e. The van der Waals surface area contributed by atoms with Crippen LogP contribution in [0.5, 0.6) is 11.5 Å². The van der Waals surface area contributed by atoms with E-state index in [9.17, 15) is 4.79 Å². The van der Waals surface area contributed by atoms with Gasteiger partial charge in [0.2, 0.25) is 0 Å². The van der Waals surface area contributed by atoms with E-state index in [1.807, 2.05) is 24.0 Å². The molecule has 1 heterocycles. The van der Waals surface area contributed by atoms with Crippen LogP contribution >= 0.6 is 0 Å². The molecule has 2 rings (SSSR count). The molecule has 0 fully saturated rings. The van der Waals surface area contributed by atoms with E-state index in [0.29, 0.717) is 5.75 Å². The van der Waals surface area contributed by atoms with E-state index in [0.717, 1.165) is 24.3 Å². The van der Waals surface area contributed by atoms with Gasteiger partial charge in [0.05, 0.1) is 20.3 Å². The number of rotatable bonds is 2. The quantitative estimate of drug-likeness (QED) is 0.833. The number of hydrogen-bond acceptors (Lipinski definition) is 3. The zero-order valence-corrected chi connectivity index (χ0v) is 12.8. The van der Waals surface area contributed by atoms with Gasteiger partial charge in [0, 0.05) is 20.6 Å². The summed E-state index contributed by atoms with van der Waals surface area (Å²) in [5, 5.41) is 0. The molecule has 0 saturated carbocycles. The predicted molar refractivity (Wildman–Crippen MR) is 77.5 cm³/mol. The lowest BCUT2D eigenvalue weighted by Gasteiger charge is -2.37. The van der Waals surface area contributed by atoms with Crippen LogP contribution < -0.4 is 9.47 Å². The van der Waals surface area contributed by atoms with E-state index in [-0.39, 0.29) is 12.1 Å². The molecule has 0 aliphatic carbocycles. The van der Waals surface area contributed by atoms with Gasteiger partial charge in [-0.25, -0.2) is 4.79 Å². The van der Waals surface area contributed by atoms with Gasteiger partial charge in [0.25, 0.3) is 0 Å². The SMILES string of the molecule is COc1cc2c(cc1OC)[C@H](C)N(C(=O)N(C)C)CC2. The molecule has 5 heteroatoms. The second kappa shape index (κ2) is 5.61. The molecule has 1 atom stereocenters. The maximum atomic E-state index is 12.2. The molecule has 1 aliphatic rings. The summed E-state index contributed by atoms with van der Waals surface area (Å²) >= 11 is 0. The Hall–Kier alpha value is -1.91. The Morgan fingerprint density at radius 2 is 1.85 bits per heavy atom. The standard InChI is InChI=1S/C15H22N2O3/c1-10-12-9-14(20-5)13(19-4)8-11(12)6-7-17(10)15(18)16(2)3/h8-10H,6-7H2,1-5H3/t10-/m0/s1. The lowest BCUT2D eigenvalue weighted by atomic mass is 9.93. The molecule has 0 N–H and O–H groups in total. The minimum absolute atomic E-state index is 0.0356. The highest BCUT2D eigenvalue weighted by atomic mass is 16.5. The van der Waals surface area contributed by atoms with Crippen LogP contribution in [0, 0.1) is 0 Å². The molecule has 1 aliphatic heterocycles. The molecule has 0 spiro atoms. The summed E-state index contributed by atoms with van der Waals surface area (Å²) in [7, 11) is 6.82. The number of carbonyl (C=O) groups is 1. The first-order valence-corrected chi connectivity index (χ1v) is 6.72. The molecule has 0 aromatic heterocycles. The highest BCUT2D eigenvalue weighted by Crippen LogP contribution is 2.37. The molecule has 1 aromatic carbocycles. The van der Waals surface area contributed by atoms with Crippen molar-refractivity contribution in [3.05, 3.63) is 23.3 Å². The third-order valence-corrected chi connectivity index (χ3v) is 3.81. The summed E-state index contributed by atoms with van der Waals surface area (Å²) in [5.41, 5.74) is 2.35. The number of fused-ring (bicyclic) bond motifs is 1. The van der Waals surface area contributed by atoms with Crippen LogP contribution in [0.15, 0.2) is 12.1 Å². The largest absolute Gasteiger partial charge is 0.493 e. The minimum atomic E-state index is 0.0356. The van der Waals surface area contributed by atoms with Gasteiger partial charge < -0.3 is 19.3 Å². The zero-order valence-electron chi connectivity index (χ0n) is 12.8. The van der Waals surface area contributed by atoms with E-state index in [2.05, 4.69) is 0 Å². The Bertz CT molecular complexity index is 514. The van der Waals surface area contributed by atoms with Gasteiger partial charge in [0.1, 0.15) is 0 Å². The zero-order chi connectivity index (χ0) is 14.9. The highest BCUT2D eigenvalue weighted by molar-refractivity contribution is 5.75. The smallest absolute Gasteiger partial charge is 0.319 e. The van der Waals surface area contributed by atoms with Crippen molar-refractivity contribution in [2.45, 2.75) is 19.4 Å². The third-order valence-electron chi connectivity index (χ3n) is 3.81. The molecule has 0 unspecified atom stereocenters. The van der Waals surface area contributed by atoms with Crippen molar-refractivity contribution in [2.75, 3.05) is 34.9 Å². The summed E-state index contributed by atoms with van der Waals surface area (Å²) in [6.07, 6.45) is 0.833. The van der Waals surface area contributed by atoms with Gasteiger partial charge in [-0.15, -0.1) is 0 Å². The predicted octanol–water partition coefficient (Wildman–Crippen LogP) is 2.30. The second-order valence-corrected chi connectivity index (χ2v) is 5.20. The third kappa shape index (κ3) is 2.40. The van der Waals surface area contributed by atoms with Gasteiger partial charge in [-0.1, -0.05) is 0 Å². The van der Waals surface area contributed by atoms with Crippen LogP contribution in [0.2, 0.25) is 0 Å². The molecule has 0 saturated heterocycles. The number of urea groups is 1. The first kappa shape index (κ1) is 14.5. The van der Waals surface area contributed by atoms with E-state index in [1.165, 1.54) is 5.56 Å². The average Bonchev–Trinajstić information content (AvgIpc) is 2.45. The van der Waals surface area contributed by atoms with Crippen molar-refractivity contribution >= 4 is 6.03 Å². The molecule has 1 aromatic rings. The Morgan fingerprint density at radius 1 is 1.25 bits per heavy atom. The first-order valence-electron chi connectivity index (χ1n) is 6.72. The normalized spacial score (nSPS) is 17.4. The van der Waals surface area contributed by atoms with Crippen LogP contribution in [0.25, 0.3) is 0 Å². The van der Waals surface area contributed by atoms with Crippen molar-refractivity contribution in [3.8, 4) is 11.5 Å². The number of carbonyl (C=O) groups excluding carboxylic acids is 1. The molecular weight excluding hydrogens is 256 g/mol. The summed E-state index contributed by atoms with van der Waals surface area (Å²) in [6.45, 7) is 2.77. The minimum Gasteiger partial charge on any atom is -0.493 e. The van der Waals surface area contributed by atoms with Gasteiger partial charge in [-0.2, -0.15) is 0 Å². The number of ether oxygens (including phenoxy) is 2. The monoisotopic (exact) mass is 278 g/mol. The molecular formula is C15H22N2O3. The average molecular weight is 278 g/mol. The van der Waals surface area contributed by atoms with Gasteiger partial charge in [-0.3, -0.25) is 0 Å². The van der Waals surface area contributed by atoms with Crippen LogP contribution in [0.3, 0.4) is 0 Å². The number of hydrogen-bond donors (Lipinski definition) is 0. The van der Waals surface area contributed by atoms with Gasteiger partial charge >= 0.3 is 6.03 Å². The van der Waals surface area contributed by atoms with Crippen molar-refractivity contribution in [2.24, 2.45) is 0 Å². The van der Waals surface area contributed by atoms with Crippen molar-refractivity contribution < 1.29 is 14.3 Å². The molecule has 20 heavy (non-hydrogen) atoms. The summed E-state index contributed by atoms with van der Waals surface area (Å²) in [4.78, 5) is 15.7. The fourth-order valence-corrected chi connectivity index (χ4v) is 2.66. The van der Waals surface area contributed by atoms with Crippen LogP contribution in [0.4, 0.5) is 4.79 Å². The van der Waals surface area contributed by atoms with Crippen molar-refractivity contribution in [1.29, 1.82) is 0 Å². The molecule has 0 radical (unpaired) electrons. The van der Waals surface area contributed by atoms with Crippen molar-refractivity contribution in [1.82, 2.24) is 9.80 Å². The molecule has 0 bridgehead atoms. The number of amides is 2. The van der Waals surface area contributed by atoms with Crippen molar-refractivity contribution in [3.63, 3.8) is 0 Å². The van der Waals surface area contributed by atoms with Crippen LogP contribution in [-0.2, 0) is 6.42 Å². The summed E-state index contributed by atoms with van der Waals surface area (Å²) in [5.74, 6) is 1.45. The maximum absolute atomic E-state index is 12.2. The molecule has 2 amide bonds. The first-order chi connectivity index (χ1) is 9.49. The molecule has 5 nitrogen and oxygen atoms in total. The highest BCUT2D eigenvalue weighted by Gasteiger charge is 2.29. The second-order valence-electron chi connectivity index (χ2n) is 5.20. The van der Waals surface area contributed by atoms with E-state index in [1.54, 1.807) is 33.2 Å². The number of benzene rings is 1. The Kier molecular flexibility index (Phi) is 4.06.